The van der Waals surface area contributed by atoms with E-state index in [1.54, 1.807) is 0 Å². The molecular formula is C25H25NO. The molecule has 0 aliphatic heterocycles. The Balaban J connectivity index is 1.65. The third-order valence-electron chi connectivity index (χ3n) is 4.99. The molecule has 0 amide bonds. The molecule has 0 fully saturated rings. The van der Waals surface area contributed by atoms with Crippen molar-refractivity contribution < 1.29 is 4.42 Å². The Kier molecular flexibility index (Phi) is 4.83. The van der Waals surface area contributed by atoms with Crippen LogP contribution in [0.5, 0.6) is 0 Å². The Hall–Kier alpha value is -2.84. The van der Waals surface area contributed by atoms with Crippen molar-refractivity contribution in [2.45, 2.75) is 33.9 Å². The number of furan rings is 1. The van der Waals surface area contributed by atoms with Gasteiger partial charge in [-0.3, -0.25) is 0 Å². The van der Waals surface area contributed by atoms with Gasteiger partial charge in [0.1, 0.15) is 11.3 Å². The molecule has 1 aromatic heterocycles. The Labute approximate surface area is 160 Å². The SMILES string of the molecule is Cc1ccc(CNCc2oc3ccc(C)cc3c2-c2ccc(C)cc2)cc1. The van der Waals surface area contributed by atoms with Gasteiger partial charge in [-0.1, -0.05) is 71.3 Å². The zero-order chi connectivity index (χ0) is 18.8. The zero-order valence-corrected chi connectivity index (χ0v) is 16.2. The number of hydrogen-bond acceptors (Lipinski definition) is 2. The fourth-order valence-corrected chi connectivity index (χ4v) is 3.45. The Morgan fingerprint density at radius 2 is 1.33 bits per heavy atom. The summed E-state index contributed by atoms with van der Waals surface area (Å²) in [5, 5.41) is 4.73. The number of hydrogen-bond donors (Lipinski definition) is 1. The second kappa shape index (κ2) is 7.42. The molecule has 0 atom stereocenters. The second-order valence-corrected chi connectivity index (χ2v) is 7.36. The summed E-state index contributed by atoms with van der Waals surface area (Å²) in [5.41, 5.74) is 8.43. The van der Waals surface area contributed by atoms with E-state index in [2.05, 4.69) is 92.8 Å². The normalized spacial score (nSPS) is 11.2. The maximum atomic E-state index is 6.23. The number of fused-ring (bicyclic) bond motifs is 1. The first kappa shape index (κ1) is 17.6. The average molecular weight is 355 g/mol. The molecule has 0 saturated heterocycles. The molecule has 1 N–H and O–H groups in total. The van der Waals surface area contributed by atoms with Crippen molar-refractivity contribution in [3.63, 3.8) is 0 Å². The summed E-state index contributed by atoms with van der Waals surface area (Å²) >= 11 is 0. The van der Waals surface area contributed by atoms with Gasteiger partial charge >= 0.3 is 0 Å². The van der Waals surface area contributed by atoms with Crippen LogP contribution in [0.2, 0.25) is 0 Å². The summed E-state index contributed by atoms with van der Waals surface area (Å²) < 4.78 is 6.23. The summed E-state index contributed by atoms with van der Waals surface area (Å²) in [5.74, 6) is 0.992. The van der Waals surface area contributed by atoms with Crippen molar-refractivity contribution in [3.05, 3.63) is 94.7 Å². The first-order valence-electron chi connectivity index (χ1n) is 9.45. The third kappa shape index (κ3) is 3.81. The van der Waals surface area contributed by atoms with Crippen molar-refractivity contribution in [2.75, 3.05) is 0 Å². The van der Waals surface area contributed by atoms with Crippen LogP contribution in [0.4, 0.5) is 0 Å². The van der Waals surface area contributed by atoms with Crippen LogP contribution in [0, 0.1) is 20.8 Å². The van der Waals surface area contributed by atoms with Crippen LogP contribution in [0.15, 0.2) is 71.1 Å². The van der Waals surface area contributed by atoms with Gasteiger partial charge < -0.3 is 9.73 Å². The van der Waals surface area contributed by atoms with Crippen molar-refractivity contribution in [2.24, 2.45) is 0 Å². The van der Waals surface area contributed by atoms with Gasteiger partial charge in [0, 0.05) is 17.5 Å². The van der Waals surface area contributed by atoms with Crippen LogP contribution in [0.25, 0.3) is 22.1 Å². The Bertz CT molecular complexity index is 1060. The summed E-state index contributed by atoms with van der Waals surface area (Å²) in [6, 6.07) is 23.7. The summed E-state index contributed by atoms with van der Waals surface area (Å²) in [6.07, 6.45) is 0. The molecule has 27 heavy (non-hydrogen) atoms. The van der Waals surface area contributed by atoms with E-state index in [1.165, 1.54) is 38.8 Å². The second-order valence-electron chi connectivity index (χ2n) is 7.36. The molecule has 2 nitrogen and oxygen atoms in total. The van der Waals surface area contributed by atoms with Crippen molar-refractivity contribution in [3.8, 4) is 11.1 Å². The highest BCUT2D eigenvalue weighted by atomic mass is 16.3. The Morgan fingerprint density at radius 3 is 2.04 bits per heavy atom. The summed E-state index contributed by atoms with van der Waals surface area (Å²) in [4.78, 5) is 0. The van der Waals surface area contributed by atoms with Gasteiger partial charge in [-0.05, 0) is 44.0 Å². The first-order chi connectivity index (χ1) is 13.1. The predicted octanol–water partition coefficient (Wildman–Crippen LogP) is 6.31. The van der Waals surface area contributed by atoms with E-state index in [0.717, 1.165) is 17.9 Å². The maximum absolute atomic E-state index is 6.23. The molecule has 4 aromatic rings. The number of nitrogens with one attached hydrogen (secondary N) is 1. The molecule has 0 bridgehead atoms. The smallest absolute Gasteiger partial charge is 0.135 e. The van der Waals surface area contributed by atoms with Crippen molar-refractivity contribution in [1.29, 1.82) is 0 Å². The maximum Gasteiger partial charge on any atom is 0.135 e. The highest BCUT2D eigenvalue weighted by molar-refractivity contribution is 5.96. The van der Waals surface area contributed by atoms with Crippen LogP contribution in [-0.4, -0.2) is 0 Å². The van der Waals surface area contributed by atoms with Gasteiger partial charge in [-0.2, -0.15) is 0 Å². The van der Waals surface area contributed by atoms with Crippen molar-refractivity contribution >= 4 is 11.0 Å². The fraction of sp³-hybridized carbons (Fsp3) is 0.200. The van der Waals surface area contributed by atoms with E-state index in [1.807, 2.05) is 0 Å². The molecule has 0 radical (unpaired) electrons. The van der Waals surface area contributed by atoms with Crippen LogP contribution < -0.4 is 5.32 Å². The highest BCUT2D eigenvalue weighted by Gasteiger charge is 2.16. The van der Waals surface area contributed by atoms with Gasteiger partial charge in [0.15, 0.2) is 0 Å². The molecule has 0 aliphatic rings. The predicted molar refractivity (Wildman–Crippen MR) is 113 cm³/mol. The minimum atomic E-state index is 0.699. The van der Waals surface area contributed by atoms with E-state index in [4.69, 9.17) is 4.42 Å². The number of aryl methyl sites for hydroxylation is 3. The summed E-state index contributed by atoms with van der Waals surface area (Å²) in [7, 11) is 0. The lowest BCUT2D eigenvalue weighted by Gasteiger charge is -2.07. The largest absolute Gasteiger partial charge is 0.459 e. The van der Waals surface area contributed by atoms with E-state index < -0.39 is 0 Å². The minimum Gasteiger partial charge on any atom is -0.459 e. The van der Waals surface area contributed by atoms with Crippen LogP contribution in [0.3, 0.4) is 0 Å². The topological polar surface area (TPSA) is 25.2 Å². The number of rotatable bonds is 5. The van der Waals surface area contributed by atoms with Crippen LogP contribution in [0.1, 0.15) is 28.0 Å². The molecule has 1 heterocycles. The molecule has 2 heteroatoms. The van der Waals surface area contributed by atoms with Crippen LogP contribution >= 0.6 is 0 Å². The Morgan fingerprint density at radius 1 is 0.704 bits per heavy atom. The van der Waals surface area contributed by atoms with E-state index in [9.17, 15) is 0 Å². The molecule has 0 spiro atoms. The van der Waals surface area contributed by atoms with Gasteiger partial charge in [0.25, 0.3) is 0 Å². The van der Waals surface area contributed by atoms with Crippen molar-refractivity contribution in [1.82, 2.24) is 5.32 Å². The van der Waals surface area contributed by atoms with E-state index in [-0.39, 0.29) is 0 Å². The third-order valence-corrected chi connectivity index (χ3v) is 4.99. The quantitative estimate of drug-likeness (QED) is 0.453. The standard InChI is InChI=1S/C25H25NO/c1-17-4-9-20(10-5-17)15-26-16-24-25(21-11-6-18(2)7-12-21)22-14-19(3)8-13-23(22)27-24/h4-14,26H,15-16H2,1-3H3. The molecule has 0 aliphatic carbocycles. The lowest BCUT2D eigenvalue weighted by atomic mass is 9.99. The summed E-state index contributed by atoms with van der Waals surface area (Å²) in [6.45, 7) is 7.88. The van der Waals surface area contributed by atoms with Gasteiger partial charge in [0.05, 0.1) is 6.54 Å². The zero-order valence-electron chi connectivity index (χ0n) is 16.2. The van der Waals surface area contributed by atoms with E-state index >= 15 is 0 Å². The van der Waals surface area contributed by atoms with Gasteiger partial charge in [0.2, 0.25) is 0 Å². The molecule has 3 aromatic carbocycles. The van der Waals surface area contributed by atoms with Crippen LogP contribution in [-0.2, 0) is 13.1 Å². The highest BCUT2D eigenvalue weighted by Crippen LogP contribution is 2.35. The molecule has 4 rings (SSSR count). The lowest BCUT2D eigenvalue weighted by molar-refractivity contribution is 0.515. The molecule has 0 saturated carbocycles. The van der Waals surface area contributed by atoms with E-state index in [0.29, 0.717) is 6.54 Å². The number of benzene rings is 3. The first-order valence-corrected chi connectivity index (χ1v) is 9.45. The molecule has 0 unspecified atom stereocenters. The molecule has 136 valence electrons. The molecular weight excluding hydrogens is 330 g/mol. The monoisotopic (exact) mass is 355 g/mol. The minimum absolute atomic E-state index is 0.699. The van der Waals surface area contributed by atoms with Gasteiger partial charge in [-0.15, -0.1) is 0 Å². The average Bonchev–Trinajstić information content (AvgIpc) is 3.01. The lowest BCUT2D eigenvalue weighted by Crippen LogP contribution is -2.12. The fourth-order valence-electron chi connectivity index (χ4n) is 3.45. The van der Waals surface area contributed by atoms with Gasteiger partial charge in [-0.25, -0.2) is 0 Å².